The summed E-state index contributed by atoms with van der Waals surface area (Å²) in [4.78, 5) is 28.8. The third kappa shape index (κ3) is 3.58. The Hall–Kier alpha value is -1.95. The number of carboxylic acids is 1. The predicted octanol–water partition coefficient (Wildman–Crippen LogP) is 1.81. The van der Waals surface area contributed by atoms with E-state index >= 15 is 0 Å². The SMILES string of the molecule is COC1CCC(N(C)C(=O)c2ccnc(C(=O)O)c2)CC1. The molecule has 21 heavy (non-hydrogen) atoms. The molecule has 0 saturated heterocycles. The highest BCUT2D eigenvalue weighted by Crippen LogP contribution is 2.25. The first-order chi connectivity index (χ1) is 10.0. The first-order valence-corrected chi connectivity index (χ1v) is 7.02. The summed E-state index contributed by atoms with van der Waals surface area (Å²) in [5.74, 6) is -1.30. The average Bonchev–Trinajstić information content (AvgIpc) is 2.53. The second-order valence-electron chi connectivity index (χ2n) is 5.32. The third-order valence-corrected chi connectivity index (χ3v) is 4.07. The van der Waals surface area contributed by atoms with Crippen molar-refractivity contribution in [3.8, 4) is 0 Å². The summed E-state index contributed by atoms with van der Waals surface area (Å²) in [5, 5.41) is 8.93. The van der Waals surface area contributed by atoms with Crippen molar-refractivity contribution in [1.29, 1.82) is 0 Å². The summed E-state index contributed by atoms with van der Waals surface area (Å²) < 4.78 is 5.33. The molecule has 0 unspecified atom stereocenters. The minimum atomic E-state index is -1.13. The Kier molecular flexibility index (Phi) is 4.90. The number of carboxylic acid groups (broad SMARTS) is 1. The van der Waals surface area contributed by atoms with Gasteiger partial charge in [0.2, 0.25) is 0 Å². The van der Waals surface area contributed by atoms with Gasteiger partial charge in [-0.2, -0.15) is 0 Å². The minimum Gasteiger partial charge on any atom is -0.477 e. The molecule has 0 radical (unpaired) electrons. The fourth-order valence-corrected chi connectivity index (χ4v) is 2.72. The number of aromatic carboxylic acids is 1. The molecule has 0 bridgehead atoms. The molecule has 6 nitrogen and oxygen atoms in total. The molecule has 1 aliphatic carbocycles. The first kappa shape index (κ1) is 15.4. The molecule has 1 aliphatic rings. The molecular formula is C15H20N2O4. The van der Waals surface area contributed by atoms with Gasteiger partial charge >= 0.3 is 5.97 Å². The fraction of sp³-hybridized carbons (Fsp3) is 0.533. The molecule has 0 aromatic carbocycles. The monoisotopic (exact) mass is 292 g/mol. The standard InChI is InChI=1S/C15H20N2O4/c1-17(11-3-5-12(21-2)6-4-11)14(18)10-7-8-16-13(9-10)15(19)20/h7-9,11-12H,3-6H2,1-2H3,(H,19,20). The van der Waals surface area contributed by atoms with E-state index < -0.39 is 5.97 Å². The fourth-order valence-electron chi connectivity index (χ4n) is 2.72. The van der Waals surface area contributed by atoms with E-state index in [1.165, 1.54) is 12.3 Å². The summed E-state index contributed by atoms with van der Waals surface area (Å²) in [6.07, 6.45) is 5.32. The van der Waals surface area contributed by atoms with Crippen molar-refractivity contribution in [2.75, 3.05) is 14.2 Å². The van der Waals surface area contributed by atoms with Crippen LogP contribution in [0.15, 0.2) is 18.3 Å². The number of hydrogen-bond donors (Lipinski definition) is 1. The van der Waals surface area contributed by atoms with Crippen LogP contribution in [-0.2, 0) is 4.74 Å². The zero-order valence-electron chi connectivity index (χ0n) is 12.3. The van der Waals surface area contributed by atoms with Crippen molar-refractivity contribution >= 4 is 11.9 Å². The molecule has 114 valence electrons. The molecule has 1 aromatic heterocycles. The molecule has 0 aliphatic heterocycles. The highest BCUT2D eigenvalue weighted by Gasteiger charge is 2.27. The van der Waals surface area contributed by atoms with Crippen LogP contribution in [0.2, 0.25) is 0 Å². The molecule has 1 aromatic rings. The van der Waals surface area contributed by atoms with Crippen LogP contribution in [0.3, 0.4) is 0 Å². The van der Waals surface area contributed by atoms with Gasteiger partial charge < -0.3 is 14.7 Å². The van der Waals surface area contributed by atoms with Crippen LogP contribution in [0.1, 0.15) is 46.5 Å². The van der Waals surface area contributed by atoms with Crippen LogP contribution in [-0.4, -0.2) is 53.2 Å². The number of pyridine rings is 1. The van der Waals surface area contributed by atoms with Gasteiger partial charge in [-0.1, -0.05) is 0 Å². The van der Waals surface area contributed by atoms with Crippen LogP contribution in [0.5, 0.6) is 0 Å². The van der Waals surface area contributed by atoms with E-state index in [9.17, 15) is 9.59 Å². The number of hydrogen-bond acceptors (Lipinski definition) is 4. The van der Waals surface area contributed by atoms with Gasteiger partial charge in [0.15, 0.2) is 0 Å². The molecule has 0 spiro atoms. The first-order valence-electron chi connectivity index (χ1n) is 7.02. The molecule has 1 saturated carbocycles. The Morgan fingerprint density at radius 1 is 1.33 bits per heavy atom. The Bertz CT molecular complexity index is 524. The maximum atomic E-state index is 12.4. The van der Waals surface area contributed by atoms with Gasteiger partial charge in [0.05, 0.1) is 6.10 Å². The topological polar surface area (TPSA) is 79.7 Å². The van der Waals surface area contributed by atoms with Gasteiger partial charge in [0, 0.05) is 32.0 Å². The van der Waals surface area contributed by atoms with Crippen LogP contribution < -0.4 is 0 Å². The number of ether oxygens (including phenoxy) is 1. The van der Waals surface area contributed by atoms with Gasteiger partial charge in [-0.05, 0) is 37.8 Å². The Morgan fingerprint density at radius 2 is 2.00 bits per heavy atom. The summed E-state index contributed by atoms with van der Waals surface area (Å²) in [6.45, 7) is 0. The summed E-state index contributed by atoms with van der Waals surface area (Å²) >= 11 is 0. The van der Waals surface area contributed by atoms with Crippen LogP contribution in [0.25, 0.3) is 0 Å². The van der Waals surface area contributed by atoms with Gasteiger partial charge in [-0.15, -0.1) is 0 Å². The highest BCUT2D eigenvalue weighted by atomic mass is 16.5. The lowest BCUT2D eigenvalue weighted by Crippen LogP contribution is -2.40. The van der Waals surface area contributed by atoms with E-state index in [1.54, 1.807) is 25.1 Å². The van der Waals surface area contributed by atoms with Gasteiger partial charge in [-0.25, -0.2) is 9.78 Å². The minimum absolute atomic E-state index is 0.114. The van der Waals surface area contributed by atoms with Crippen LogP contribution in [0.4, 0.5) is 0 Å². The molecular weight excluding hydrogens is 272 g/mol. The number of carbonyl (C=O) groups excluding carboxylic acids is 1. The third-order valence-electron chi connectivity index (χ3n) is 4.07. The van der Waals surface area contributed by atoms with E-state index in [0.29, 0.717) is 5.56 Å². The summed E-state index contributed by atoms with van der Waals surface area (Å²) in [6, 6.07) is 3.04. The smallest absolute Gasteiger partial charge is 0.354 e. The van der Waals surface area contributed by atoms with E-state index in [0.717, 1.165) is 25.7 Å². The van der Waals surface area contributed by atoms with E-state index in [1.807, 2.05) is 0 Å². The Balaban J connectivity index is 2.06. The Labute approximate surface area is 123 Å². The highest BCUT2D eigenvalue weighted by molar-refractivity contribution is 5.96. The van der Waals surface area contributed by atoms with Gasteiger partial charge in [0.25, 0.3) is 5.91 Å². The summed E-state index contributed by atoms with van der Waals surface area (Å²) in [5.41, 5.74) is 0.246. The second-order valence-corrected chi connectivity index (χ2v) is 5.32. The molecule has 6 heteroatoms. The predicted molar refractivity (Wildman–Crippen MR) is 76.3 cm³/mol. The molecule has 1 fully saturated rings. The van der Waals surface area contributed by atoms with Crippen molar-refractivity contribution in [2.24, 2.45) is 0 Å². The van der Waals surface area contributed by atoms with E-state index in [2.05, 4.69) is 4.98 Å². The zero-order valence-corrected chi connectivity index (χ0v) is 12.3. The molecule has 1 amide bonds. The van der Waals surface area contributed by atoms with Crippen molar-refractivity contribution < 1.29 is 19.4 Å². The number of amides is 1. The maximum absolute atomic E-state index is 12.4. The number of carbonyl (C=O) groups is 2. The molecule has 1 heterocycles. The number of nitrogens with zero attached hydrogens (tertiary/aromatic N) is 2. The van der Waals surface area contributed by atoms with E-state index in [4.69, 9.17) is 9.84 Å². The summed E-state index contributed by atoms with van der Waals surface area (Å²) in [7, 11) is 3.48. The van der Waals surface area contributed by atoms with Crippen LogP contribution in [0, 0.1) is 0 Å². The Morgan fingerprint density at radius 3 is 2.57 bits per heavy atom. The van der Waals surface area contributed by atoms with Crippen molar-refractivity contribution in [2.45, 2.75) is 37.8 Å². The van der Waals surface area contributed by atoms with E-state index in [-0.39, 0.29) is 23.7 Å². The lowest BCUT2D eigenvalue weighted by Gasteiger charge is -2.34. The quantitative estimate of drug-likeness (QED) is 0.915. The molecule has 2 rings (SSSR count). The molecule has 1 N–H and O–H groups in total. The normalized spacial score (nSPS) is 21.8. The largest absolute Gasteiger partial charge is 0.477 e. The molecule has 0 atom stereocenters. The number of rotatable bonds is 4. The maximum Gasteiger partial charge on any atom is 0.354 e. The second kappa shape index (κ2) is 6.67. The average molecular weight is 292 g/mol. The zero-order chi connectivity index (χ0) is 15.4. The number of aromatic nitrogens is 1. The van der Waals surface area contributed by atoms with Gasteiger partial charge in [0.1, 0.15) is 5.69 Å². The van der Waals surface area contributed by atoms with Gasteiger partial charge in [-0.3, -0.25) is 4.79 Å². The van der Waals surface area contributed by atoms with Crippen LogP contribution >= 0.6 is 0 Å². The van der Waals surface area contributed by atoms with Crippen molar-refractivity contribution in [3.05, 3.63) is 29.6 Å². The van der Waals surface area contributed by atoms with Crippen molar-refractivity contribution in [3.63, 3.8) is 0 Å². The number of methoxy groups -OCH3 is 1. The lowest BCUT2D eigenvalue weighted by atomic mass is 9.92. The van der Waals surface area contributed by atoms with Crippen molar-refractivity contribution in [1.82, 2.24) is 9.88 Å². The lowest BCUT2D eigenvalue weighted by molar-refractivity contribution is 0.0386.